The molecule has 1 unspecified atom stereocenters. The summed E-state index contributed by atoms with van der Waals surface area (Å²) in [7, 11) is 0. The van der Waals surface area contributed by atoms with E-state index >= 15 is 0 Å². The lowest BCUT2D eigenvalue weighted by atomic mass is 9.96. The minimum atomic E-state index is -0.887. The van der Waals surface area contributed by atoms with Crippen LogP contribution in [0.4, 0.5) is 4.79 Å². The smallest absolute Gasteiger partial charge is 0.315 e. The molecule has 3 N–H and O–H groups in total. The zero-order valence-corrected chi connectivity index (χ0v) is 11.9. The van der Waals surface area contributed by atoms with Crippen molar-refractivity contribution in [2.24, 2.45) is 0 Å². The Morgan fingerprint density at radius 2 is 1.78 bits per heavy atom. The van der Waals surface area contributed by atoms with Gasteiger partial charge in [-0.2, -0.15) is 0 Å². The average molecular weight is 258 g/mol. The van der Waals surface area contributed by atoms with Crippen molar-refractivity contribution in [3.8, 4) is 0 Å². The van der Waals surface area contributed by atoms with Crippen LogP contribution in [0.15, 0.2) is 0 Å². The van der Waals surface area contributed by atoms with Crippen LogP contribution in [0.5, 0.6) is 0 Å². The van der Waals surface area contributed by atoms with E-state index in [4.69, 9.17) is 5.11 Å². The first-order valence-corrected chi connectivity index (χ1v) is 6.67. The summed E-state index contributed by atoms with van der Waals surface area (Å²) in [5, 5.41) is 14.4. The predicted octanol–water partition coefficient (Wildman–Crippen LogP) is 2.51. The second-order valence-corrected chi connectivity index (χ2v) is 4.95. The second kappa shape index (κ2) is 7.95. The van der Waals surface area contributed by atoms with Gasteiger partial charge in [0, 0.05) is 11.6 Å². The summed E-state index contributed by atoms with van der Waals surface area (Å²) in [4.78, 5) is 22.5. The number of carboxylic acid groups (broad SMARTS) is 1. The van der Waals surface area contributed by atoms with Crippen molar-refractivity contribution in [1.82, 2.24) is 10.6 Å². The number of hydrogen-bond acceptors (Lipinski definition) is 2. The summed E-state index contributed by atoms with van der Waals surface area (Å²) in [6.45, 7) is 7.99. The third-order valence-electron chi connectivity index (χ3n) is 3.37. The molecule has 0 aromatic heterocycles. The van der Waals surface area contributed by atoms with Gasteiger partial charge in [0.05, 0.1) is 6.42 Å². The highest BCUT2D eigenvalue weighted by Gasteiger charge is 2.23. The number of urea groups is 1. The van der Waals surface area contributed by atoms with Crippen molar-refractivity contribution in [3.05, 3.63) is 0 Å². The van der Waals surface area contributed by atoms with Crippen LogP contribution < -0.4 is 10.6 Å². The molecule has 18 heavy (non-hydrogen) atoms. The van der Waals surface area contributed by atoms with E-state index in [1.807, 2.05) is 27.7 Å². The molecule has 0 aliphatic heterocycles. The van der Waals surface area contributed by atoms with Gasteiger partial charge in [-0.3, -0.25) is 4.79 Å². The topological polar surface area (TPSA) is 78.4 Å². The van der Waals surface area contributed by atoms with Crippen molar-refractivity contribution in [2.75, 3.05) is 0 Å². The molecule has 0 spiro atoms. The van der Waals surface area contributed by atoms with Gasteiger partial charge in [-0.1, -0.05) is 27.2 Å². The maximum atomic E-state index is 11.8. The van der Waals surface area contributed by atoms with Crippen LogP contribution >= 0.6 is 0 Å². The first kappa shape index (κ1) is 16.7. The maximum absolute atomic E-state index is 11.8. The SMILES string of the molecule is CCCC(CC(=O)O)NC(=O)NC(C)(CC)CC. The molecular formula is C13H26N2O3. The second-order valence-electron chi connectivity index (χ2n) is 4.95. The quantitative estimate of drug-likeness (QED) is 0.626. The molecule has 0 aliphatic rings. The van der Waals surface area contributed by atoms with Crippen LogP contribution in [0, 0.1) is 0 Å². The summed E-state index contributed by atoms with van der Waals surface area (Å²) in [6, 6.07) is -0.577. The lowest BCUT2D eigenvalue weighted by Gasteiger charge is -2.29. The normalized spacial score (nSPS) is 12.9. The van der Waals surface area contributed by atoms with Crippen molar-refractivity contribution in [2.45, 2.75) is 71.4 Å². The molecule has 0 aliphatic carbocycles. The third kappa shape index (κ3) is 6.47. The number of rotatable bonds is 8. The maximum Gasteiger partial charge on any atom is 0.315 e. The van der Waals surface area contributed by atoms with E-state index in [1.165, 1.54) is 0 Å². The van der Waals surface area contributed by atoms with E-state index in [-0.39, 0.29) is 24.0 Å². The Morgan fingerprint density at radius 1 is 1.22 bits per heavy atom. The van der Waals surface area contributed by atoms with Crippen LogP contribution in [0.1, 0.15) is 59.8 Å². The van der Waals surface area contributed by atoms with Gasteiger partial charge in [0.1, 0.15) is 0 Å². The molecule has 0 radical (unpaired) electrons. The molecule has 0 saturated carbocycles. The Labute approximate surface area is 109 Å². The molecule has 0 aromatic carbocycles. The molecule has 0 fully saturated rings. The van der Waals surface area contributed by atoms with Crippen molar-refractivity contribution < 1.29 is 14.7 Å². The Kier molecular flexibility index (Phi) is 7.39. The first-order valence-electron chi connectivity index (χ1n) is 6.67. The van der Waals surface area contributed by atoms with Gasteiger partial charge in [0.25, 0.3) is 0 Å². The van der Waals surface area contributed by atoms with Gasteiger partial charge in [-0.05, 0) is 26.2 Å². The van der Waals surface area contributed by atoms with Gasteiger partial charge in [-0.15, -0.1) is 0 Å². The Balaban J connectivity index is 4.36. The largest absolute Gasteiger partial charge is 0.481 e. The van der Waals surface area contributed by atoms with Crippen LogP contribution in [0.3, 0.4) is 0 Å². The zero-order valence-electron chi connectivity index (χ0n) is 11.9. The minimum Gasteiger partial charge on any atom is -0.481 e. The lowest BCUT2D eigenvalue weighted by Crippen LogP contribution is -2.52. The molecule has 106 valence electrons. The van der Waals surface area contributed by atoms with Gasteiger partial charge < -0.3 is 15.7 Å². The monoisotopic (exact) mass is 258 g/mol. The molecular weight excluding hydrogens is 232 g/mol. The summed E-state index contributed by atoms with van der Waals surface area (Å²) < 4.78 is 0. The molecule has 5 nitrogen and oxygen atoms in total. The van der Waals surface area contributed by atoms with Crippen LogP contribution in [-0.2, 0) is 4.79 Å². The summed E-state index contributed by atoms with van der Waals surface area (Å²) in [5.74, 6) is -0.887. The molecule has 1 atom stereocenters. The Morgan fingerprint density at radius 3 is 2.17 bits per heavy atom. The van der Waals surface area contributed by atoms with E-state index in [0.29, 0.717) is 6.42 Å². The molecule has 0 heterocycles. The molecule has 0 rings (SSSR count). The Bertz CT molecular complexity index is 275. The number of hydrogen-bond donors (Lipinski definition) is 3. The van der Waals surface area contributed by atoms with Crippen LogP contribution in [0.2, 0.25) is 0 Å². The van der Waals surface area contributed by atoms with Crippen molar-refractivity contribution >= 4 is 12.0 Å². The first-order chi connectivity index (χ1) is 8.36. The van der Waals surface area contributed by atoms with Gasteiger partial charge in [-0.25, -0.2) is 4.79 Å². The van der Waals surface area contributed by atoms with E-state index in [0.717, 1.165) is 19.3 Å². The average Bonchev–Trinajstić information content (AvgIpc) is 2.28. The van der Waals surface area contributed by atoms with Crippen molar-refractivity contribution in [3.63, 3.8) is 0 Å². The zero-order chi connectivity index (χ0) is 14.2. The van der Waals surface area contributed by atoms with Crippen LogP contribution in [-0.4, -0.2) is 28.7 Å². The molecule has 0 aromatic rings. The van der Waals surface area contributed by atoms with Gasteiger partial charge >= 0.3 is 12.0 Å². The molecule has 5 heteroatoms. The number of carbonyl (C=O) groups is 2. The minimum absolute atomic E-state index is 0.0315. The molecule has 0 saturated heterocycles. The van der Waals surface area contributed by atoms with Crippen LogP contribution in [0.25, 0.3) is 0 Å². The number of nitrogens with one attached hydrogen (secondary N) is 2. The number of aliphatic carboxylic acids is 1. The van der Waals surface area contributed by atoms with Gasteiger partial charge in [0.2, 0.25) is 0 Å². The van der Waals surface area contributed by atoms with E-state index < -0.39 is 5.97 Å². The summed E-state index contributed by atoms with van der Waals surface area (Å²) in [5.41, 5.74) is -0.232. The highest BCUT2D eigenvalue weighted by Crippen LogP contribution is 2.13. The van der Waals surface area contributed by atoms with Crippen molar-refractivity contribution in [1.29, 1.82) is 0 Å². The Hall–Kier alpha value is -1.26. The van der Waals surface area contributed by atoms with E-state index in [2.05, 4.69) is 10.6 Å². The fourth-order valence-corrected chi connectivity index (χ4v) is 1.71. The highest BCUT2D eigenvalue weighted by molar-refractivity contribution is 5.76. The number of carboxylic acids is 1. The summed E-state index contributed by atoms with van der Waals surface area (Å²) in [6.07, 6.45) is 3.17. The highest BCUT2D eigenvalue weighted by atomic mass is 16.4. The molecule has 2 amide bonds. The number of amides is 2. The fourth-order valence-electron chi connectivity index (χ4n) is 1.71. The number of carbonyl (C=O) groups excluding carboxylic acids is 1. The fraction of sp³-hybridized carbons (Fsp3) is 0.846. The predicted molar refractivity (Wildman–Crippen MR) is 71.6 cm³/mol. The molecule has 0 bridgehead atoms. The lowest BCUT2D eigenvalue weighted by molar-refractivity contribution is -0.137. The van der Waals surface area contributed by atoms with E-state index in [1.54, 1.807) is 0 Å². The van der Waals surface area contributed by atoms with Gasteiger partial charge in [0.15, 0.2) is 0 Å². The third-order valence-corrected chi connectivity index (χ3v) is 3.37. The standard InChI is InChI=1S/C13H26N2O3/c1-5-8-10(9-11(16)17)14-12(18)15-13(4,6-2)7-3/h10H,5-9H2,1-4H3,(H,16,17)(H2,14,15,18). The summed E-state index contributed by atoms with van der Waals surface area (Å²) >= 11 is 0. The van der Waals surface area contributed by atoms with E-state index in [9.17, 15) is 9.59 Å².